The first kappa shape index (κ1) is 13.3. The van der Waals surface area contributed by atoms with E-state index in [4.69, 9.17) is 0 Å². The summed E-state index contributed by atoms with van der Waals surface area (Å²) in [7, 11) is 0. The first-order valence-electron chi connectivity index (χ1n) is 6.28. The number of nitrogens with one attached hydrogen (secondary N) is 2. The molecule has 2 heterocycles. The Morgan fingerprint density at radius 1 is 1.47 bits per heavy atom. The summed E-state index contributed by atoms with van der Waals surface area (Å²) in [6.45, 7) is 5.37. The smallest absolute Gasteiger partial charge is 0.325 e. The molecule has 0 saturated carbocycles. The third-order valence-electron chi connectivity index (χ3n) is 3.04. The molecule has 19 heavy (non-hydrogen) atoms. The third-order valence-corrected chi connectivity index (χ3v) is 3.04. The van der Waals surface area contributed by atoms with Crippen molar-refractivity contribution < 1.29 is 9.59 Å². The molecule has 104 valence electrons. The number of urea groups is 2. The van der Waals surface area contributed by atoms with E-state index in [-0.39, 0.29) is 24.0 Å². The van der Waals surface area contributed by atoms with E-state index in [0.29, 0.717) is 19.6 Å². The van der Waals surface area contributed by atoms with E-state index < -0.39 is 0 Å². The summed E-state index contributed by atoms with van der Waals surface area (Å²) in [5.41, 5.74) is 0. The molecule has 2 N–H and O–H groups in total. The largest absolute Gasteiger partial charge is 0.336 e. The average Bonchev–Trinajstić information content (AvgIpc) is 2.99. The van der Waals surface area contributed by atoms with Crippen molar-refractivity contribution in [1.29, 1.82) is 0 Å². The molecule has 0 aromatic carbocycles. The second kappa shape index (κ2) is 5.68. The summed E-state index contributed by atoms with van der Waals surface area (Å²) < 4.78 is 0. The Labute approximate surface area is 111 Å². The van der Waals surface area contributed by atoms with Crippen molar-refractivity contribution in [1.82, 2.24) is 30.5 Å². The van der Waals surface area contributed by atoms with Crippen LogP contribution in [0.1, 0.15) is 13.8 Å². The number of nitrogens with zero attached hydrogens (tertiary/aromatic N) is 4. The highest BCUT2D eigenvalue weighted by Crippen LogP contribution is 2.06. The molecule has 0 unspecified atom stereocenters. The molecule has 1 saturated heterocycles. The van der Waals surface area contributed by atoms with Gasteiger partial charge in [0, 0.05) is 13.1 Å². The van der Waals surface area contributed by atoms with E-state index in [0.717, 1.165) is 0 Å². The highest BCUT2D eigenvalue weighted by molar-refractivity contribution is 5.95. The normalized spacial score (nSPS) is 16.6. The molecule has 0 radical (unpaired) electrons. The van der Waals surface area contributed by atoms with Crippen LogP contribution < -0.4 is 10.6 Å². The number of hydrogen-bond donors (Lipinski definition) is 2. The van der Waals surface area contributed by atoms with Crippen LogP contribution in [0.15, 0.2) is 12.4 Å². The molecule has 8 heteroatoms. The molecule has 1 aromatic rings. The zero-order chi connectivity index (χ0) is 13.8. The van der Waals surface area contributed by atoms with Gasteiger partial charge in [0.25, 0.3) is 0 Å². The van der Waals surface area contributed by atoms with E-state index in [1.165, 1.54) is 9.70 Å². The first-order valence-corrected chi connectivity index (χ1v) is 6.28. The van der Waals surface area contributed by atoms with Gasteiger partial charge in [-0.25, -0.2) is 14.5 Å². The predicted molar refractivity (Wildman–Crippen MR) is 67.3 cm³/mol. The molecular weight excluding hydrogens is 248 g/mol. The van der Waals surface area contributed by atoms with Crippen molar-refractivity contribution in [3.05, 3.63) is 12.4 Å². The van der Waals surface area contributed by atoms with Gasteiger partial charge in [-0.2, -0.15) is 15.0 Å². The number of imide groups is 1. The lowest BCUT2D eigenvalue weighted by Crippen LogP contribution is -2.49. The fourth-order valence-electron chi connectivity index (χ4n) is 1.84. The van der Waals surface area contributed by atoms with Crippen LogP contribution in [0.4, 0.5) is 9.59 Å². The Morgan fingerprint density at radius 2 is 2.16 bits per heavy atom. The molecule has 4 amide bonds. The highest BCUT2D eigenvalue weighted by Gasteiger charge is 2.28. The van der Waals surface area contributed by atoms with Gasteiger partial charge in [-0.3, -0.25) is 0 Å². The summed E-state index contributed by atoms with van der Waals surface area (Å²) in [4.78, 5) is 26.1. The topological polar surface area (TPSA) is 92.2 Å². The Bertz CT molecular complexity index is 444. The fourth-order valence-corrected chi connectivity index (χ4v) is 1.84. The van der Waals surface area contributed by atoms with Crippen LogP contribution in [0.3, 0.4) is 0 Å². The number of carbonyl (C=O) groups excluding carboxylic acids is 2. The lowest BCUT2D eigenvalue weighted by Gasteiger charge is -2.24. The maximum atomic E-state index is 12.0. The van der Waals surface area contributed by atoms with Gasteiger partial charge < -0.3 is 10.6 Å². The first-order chi connectivity index (χ1) is 9.08. The zero-order valence-electron chi connectivity index (χ0n) is 11.0. The molecule has 2 rings (SSSR count). The number of carbonyl (C=O) groups is 2. The van der Waals surface area contributed by atoms with Crippen molar-refractivity contribution in [2.24, 2.45) is 5.92 Å². The molecule has 0 spiro atoms. The van der Waals surface area contributed by atoms with Gasteiger partial charge in [0.05, 0.1) is 25.0 Å². The van der Waals surface area contributed by atoms with Crippen molar-refractivity contribution in [3.8, 4) is 0 Å². The fraction of sp³-hybridized carbons (Fsp3) is 0.636. The number of hydrogen-bond acceptors (Lipinski definition) is 4. The van der Waals surface area contributed by atoms with E-state index in [1.54, 1.807) is 12.4 Å². The van der Waals surface area contributed by atoms with Crippen LogP contribution in [-0.2, 0) is 6.54 Å². The molecule has 8 nitrogen and oxygen atoms in total. The molecule has 1 fully saturated rings. The summed E-state index contributed by atoms with van der Waals surface area (Å²) in [6, 6.07) is -0.855. The average molecular weight is 266 g/mol. The molecule has 1 atom stereocenters. The SMILES string of the molecule is CC(C)[C@H](Cn1nccn1)NC(=O)N1CCNC1=O. The van der Waals surface area contributed by atoms with Crippen LogP contribution in [0, 0.1) is 5.92 Å². The van der Waals surface area contributed by atoms with E-state index in [9.17, 15) is 9.59 Å². The van der Waals surface area contributed by atoms with Gasteiger partial charge in [-0.15, -0.1) is 0 Å². The third kappa shape index (κ3) is 3.21. The maximum absolute atomic E-state index is 12.0. The Morgan fingerprint density at radius 3 is 2.68 bits per heavy atom. The van der Waals surface area contributed by atoms with Crippen molar-refractivity contribution >= 4 is 12.1 Å². The Hall–Kier alpha value is -2.12. The second-order valence-electron chi connectivity index (χ2n) is 4.77. The number of amides is 4. The molecule has 1 aliphatic rings. The minimum Gasteiger partial charge on any atom is -0.336 e. The summed E-state index contributed by atoms with van der Waals surface area (Å²) in [5, 5.41) is 13.5. The molecule has 0 aliphatic carbocycles. The molecular formula is C11H18N6O2. The zero-order valence-corrected chi connectivity index (χ0v) is 11.0. The maximum Gasteiger partial charge on any atom is 0.325 e. The van der Waals surface area contributed by atoms with Gasteiger partial charge in [0.1, 0.15) is 0 Å². The predicted octanol–water partition coefficient (Wildman–Crippen LogP) is 0.0375. The van der Waals surface area contributed by atoms with Crippen LogP contribution >= 0.6 is 0 Å². The summed E-state index contributed by atoms with van der Waals surface area (Å²) in [6.07, 6.45) is 3.18. The van der Waals surface area contributed by atoms with Gasteiger partial charge in [-0.05, 0) is 5.92 Å². The van der Waals surface area contributed by atoms with Crippen molar-refractivity contribution in [2.75, 3.05) is 13.1 Å². The van der Waals surface area contributed by atoms with E-state index in [2.05, 4.69) is 20.8 Å². The van der Waals surface area contributed by atoms with Gasteiger partial charge in [0.2, 0.25) is 0 Å². The highest BCUT2D eigenvalue weighted by atomic mass is 16.2. The molecule has 1 aliphatic heterocycles. The Balaban J connectivity index is 1.96. The minimum atomic E-state index is -0.374. The molecule has 1 aromatic heterocycles. The standard InChI is InChI=1S/C11H18N6O2/c1-8(2)9(7-17-13-3-4-14-17)15-11(19)16-6-5-12-10(16)18/h3-4,8-9H,5-7H2,1-2H3,(H,12,18)(H,15,19)/t9-/m0/s1. The van der Waals surface area contributed by atoms with Crippen LogP contribution in [-0.4, -0.2) is 51.1 Å². The van der Waals surface area contributed by atoms with Gasteiger partial charge >= 0.3 is 12.1 Å². The van der Waals surface area contributed by atoms with Gasteiger partial charge in [-0.1, -0.05) is 13.8 Å². The van der Waals surface area contributed by atoms with Crippen LogP contribution in [0.25, 0.3) is 0 Å². The van der Waals surface area contributed by atoms with Gasteiger partial charge in [0.15, 0.2) is 0 Å². The van der Waals surface area contributed by atoms with Crippen molar-refractivity contribution in [2.45, 2.75) is 26.4 Å². The quantitative estimate of drug-likeness (QED) is 0.804. The lowest BCUT2D eigenvalue weighted by molar-refractivity contribution is 0.190. The van der Waals surface area contributed by atoms with E-state index in [1.807, 2.05) is 13.8 Å². The number of rotatable bonds is 4. The van der Waals surface area contributed by atoms with Crippen LogP contribution in [0.5, 0.6) is 0 Å². The summed E-state index contributed by atoms with van der Waals surface area (Å²) in [5.74, 6) is 0.209. The Kier molecular flexibility index (Phi) is 3.98. The summed E-state index contributed by atoms with van der Waals surface area (Å²) >= 11 is 0. The number of aromatic nitrogens is 3. The second-order valence-corrected chi connectivity index (χ2v) is 4.77. The van der Waals surface area contributed by atoms with Crippen LogP contribution in [0.2, 0.25) is 0 Å². The lowest BCUT2D eigenvalue weighted by atomic mass is 10.1. The van der Waals surface area contributed by atoms with Crippen molar-refractivity contribution in [3.63, 3.8) is 0 Å². The molecule has 0 bridgehead atoms. The minimum absolute atomic E-state index is 0.131. The van der Waals surface area contributed by atoms with E-state index >= 15 is 0 Å². The monoisotopic (exact) mass is 266 g/mol.